The minimum Gasteiger partial charge on any atom is -0.299 e. The Balaban J connectivity index is 2.58. The molecule has 1 atom stereocenters. The summed E-state index contributed by atoms with van der Waals surface area (Å²) < 4.78 is 0. The highest BCUT2D eigenvalue weighted by Crippen LogP contribution is 2.28. The van der Waals surface area contributed by atoms with Gasteiger partial charge in [-0.3, -0.25) is 9.59 Å². The molecule has 2 nitrogen and oxygen atoms in total. The van der Waals surface area contributed by atoms with Crippen molar-refractivity contribution in [2.24, 2.45) is 0 Å². The van der Waals surface area contributed by atoms with Gasteiger partial charge in [0, 0.05) is 5.56 Å². The maximum atomic E-state index is 13.1. The van der Waals surface area contributed by atoms with Crippen LogP contribution in [0.1, 0.15) is 51.0 Å². The van der Waals surface area contributed by atoms with Crippen molar-refractivity contribution in [3.63, 3.8) is 0 Å². The number of hydrogen-bond acceptors (Lipinski definition) is 2. The van der Waals surface area contributed by atoms with E-state index in [0.29, 0.717) is 5.56 Å². The number of carbonyl (C=O) groups excluding carboxylic acids is 2. The van der Waals surface area contributed by atoms with Crippen molar-refractivity contribution in [3.8, 4) is 0 Å². The van der Waals surface area contributed by atoms with Crippen LogP contribution < -0.4 is 0 Å². The van der Waals surface area contributed by atoms with E-state index in [9.17, 15) is 9.59 Å². The predicted molar refractivity (Wildman–Crippen MR) is 89.6 cm³/mol. The number of Topliss-reactive ketones (excluding diaryl/α,β-unsaturated/α-hetero) is 2. The van der Waals surface area contributed by atoms with Crippen molar-refractivity contribution in [3.05, 3.63) is 69.8 Å². The van der Waals surface area contributed by atoms with E-state index in [1.165, 1.54) is 6.92 Å². The van der Waals surface area contributed by atoms with Gasteiger partial charge in [-0.15, -0.1) is 0 Å². The first-order valence-corrected chi connectivity index (χ1v) is 7.51. The van der Waals surface area contributed by atoms with Crippen molar-refractivity contribution >= 4 is 11.6 Å². The molecule has 0 fully saturated rings. The summed E-state index contributed by atoms with van der Waals surface area (Å²) in [7, 11) is 0. The van der Waals surface area contributed by atoms with Gasteiger partial charge >= 0.3 is 0 Å². The fourth-order valence-corrected chi connectivity index (χ4v) is 3.17. The van der Waals surface area contributed by atoms with Crippen LogP contribution in [0, 0.1) is 27.7 Å². The third-order valence-electron chi connectivity index (χ3n) is 4.09. The van der Waals surface area contributed by atoms with Gasteiger partial charge in [-0.05, 0) is 56.9 Å². The van der Waals surface area contributed by atoms with E-state index < -0.39 is 5.92 Å². The lowest BCUT2D eigenvalue weighted by Crippen LogP contribution is -2.22. The van der Waals surface area contributed by atoms with E-state index in [0.717, 1.165) is 27.8 Å². The molecule has 0 aromatic heterocycles. The summed E-state index contributed by atoms with van der Waals surface area (Å²) in [6, 6.07) is 11.6. The van der Waals surface area contributed by atoms with Gasteiger partial charge in [0.1, 0.15) is 11.7 Å². The molecule has 2 heteroatoms. The van der Waals surface area contributed by atoms with Crippen LogP contribution in [0.25, 0.3) is 0 Å². The Bertz CT molecular complexity index is 718. The molecule has 0 spiro atoms. The fraction of sp³-hybridized carbons (Fsp3) is 0.300. The summed E-state index contributed by atoms with van der Waals surface area (Å²) in [5.41, 5.74) is 5.44. The third-order valence-corrected chi connectivity index (χ3v) is 4.09. The number of rotatable bonds is 4. The Morgan fingerprint density at radius 2 is 1.41 bits per heavy atom. The highest BCUT2D eigenvalue weighted by atomic mass is 16.1. The van der Waals surface area contributed by atoms with Crippen molar-refractivity contribution in [1.82, 2.24) is 0 Å². The zero-order chi connectivity index (χ0) is 16.4. The Morgan fingerprint density at radius 1 is 0.864 bits per heavy atom. The van der Waals surface area contributed by atoms with Crippen molar-refractivity contribution in [1.29, 1.82) is 0 Å². The van der Waals surface area contributed by atoms with E-state index >= 15 is 0 Å². The second kappa shape index (κ2) is 6.27. The lowest BCUT2D eigenvalue weighted by atomic mass is 9.82. The monoisotopic (exact) mass is 294 g/mol. The van der Waals surface area contributed by atoms with Crippen LogP contribution in [-0.4, -0.2) is 11.6 Å². The van der Waals surface area contributed by atoms with E-state index in [1.807, 2.05) is 64.1 Å². The first-order chi connectivity index (χ1) is 10.3. The maximum absolute atomic E-state index is 13.1. The van der Waals surface area contributed by atoms with Gasteiger partial charge in [-0.1, -0.05) is 42.0 Å². The van der Waals surface area contributed by atoms with Crippen molar-refractivity contribution < 1.29 is 9.59 Å². The van der Waals surface area contributed by atoms with Gasteiger partial charge in [0.05, 0.1) is 0 Å². The molecule has 0 radical (unpaired) electrons. The van der Waals surface area contributed by atoms with Crippen molar-refractivity contribution in [2.45, 2.75) is 40.5 Å². The topological polar surface area (TPSA) is 34.1 Å². The molecular formula is C20H22O2. The SMILES string of the molecule is CC(=O)C(C(=O)c1c(C)cc(C)cc1C)c1ccccc1C. The molecule has 2 aromatic carbocycles. The molecule has 0 amide bonds. The number of ketones is 2. The Labute approximate surface area is 132 Å². The number of aryl methyl sites for hydroxylation is 4. The van der Waals surface area contributed by atoms with Crippen molar-refractivity contribution in [2.75, 3.05) is 0 Å². The van der Waals surface area contributed by atoms with Crippen LogP contribution in [0.15, 0.2) is 36.4 Å². The highest BCUT2D eigenvalue weighted by Gasteiger charge is 2.29. The summed E-state index contributed by atoms with van der Waals surface area (Å²) in [6.45, 7) is 9.31. The largest absolute Gasteiger partial charge is 0.299 e. The molecule has 0 aliphatic carbocycles. The molecule has 1 unspecified atom stereocenters. The highest BCUT2D eigenvalue weighted by molar-refractivity contribution is 6.15. The van der Waals surface area contributed by atoms with Gasteiger partial charge < -0.3 is 0 Å². The summed E-state index contributed by atoms with van der Waals surface area (Å²) in [5, 5.41) is 0. The lowest BCUT2D eigenvalue weighted by Gasteiger charge is -2.18. The summed E-state index contributed by atoms with van der Waals surface area (Å²) >= 11 is 0. The van der Waals surface area contributed by atoms with Gasteiger partial charge in [0.25, 0.3) is 0 Å². The van der Waals surface area contributed by atoms with E-state index in [-0.39, 0.29) is 11.6 Å². The molecule has 0 bridgehead atoms. The summed E-state index contributed by atoms with van der Waals surface area (Å²) in [6.07, 6.45) is 0. The average Bonchev–Trinajstić information content (AvgIpc) is 2.39. The van der Waals surface area contributed by atoms with Crippen LogP contribution in [0.3, 0.4) is 0 Å². The molecule has 0 heterocycles. The second-order valence-corrected chi connectivity index (χ2v) is 6.04. The number of benzene rings is 2. The zero-order valence-electron chi connectivity index (χ0n) is 13.9. The Hall–Kier alpha value is -2.22. The predicted octanol–water partition coefficient (Wildman–Crippen LogP) is 4.48. The minimum absolute atomic E-state index is 0.100. The van der Waals surface area contributed by atoms with Gasteiger partial charge in [0.2, 0.25) is 0 Å². The Morgan fingerprint density at radius 3 is 1.91 bits per heavy atom. The van der Waals surface area contributed by atoms with Crippen LogP contribution >= 0.6 is 0 Å². The summed E-state index contributed by atoms with van der Waals surface area (Å²) in [4.78, 5) is 25.3. The van der Waals surface area contributed by atoms with Crippen LogP contribution in [0.2, 0.25) is 0 Å². The average molecular weight is 294 g/mol. The van der Waals surface area contributed by atoms with E-state index in [2.05, 4.69) is 0 Å². The first kappa shape index (κ1) is 16.2. The normalized spacial score (nSPS) is 12.0. The lowest BCUT2D eigenvalue weighted by molar-refractivity contribution is -0.117. The minimum atomic E-state index is -0.721. The van der Waals surface area contributed by atoms with Gasteiger partial charge in [0.15, 0.2) is 5.78 Å². The molecule has 0 aliphatic rings. The molecule has 2 aromatic rings. The standard InChI is InChI=1S/C20H22O2/c1-12-10-14(3)18(15(4)11-12)20(22)19(16(5)21)17-9-7-6-8-13(17)2/h6-11,19H,1-5H3. The summed E-state index contributed by atoms with van der Waals surface area (Å²) in [5.74, 6) is -0.934. The molecule has 22 heavy (non-hydrogen) atoms. The van der Waals surface area contributed by atoms with E-state index in [1.54, 1.807) is 0 Å². The van der Waals surface area contributed by atoms with E-state index in [4.69, 9.17) is 0 Å². The first-order valence-electron chi connectivity index (χ1n) is 7.51. The van der Waals surface area contributed by atoms with Gasteiger partial charge in [-0.25, -0.2) is 0 Å². The number of hydrogen-bond donors (Lipinski definition) is 0. The Kier molecular flexibility index (Phi) is 4.60. The molecular weight excluding hydrogens is 272 g/mol. The molecule has 2 rings (SSSR count). The zero-order valence-corrected chi connectivity index (χ0v) is 13.9. The molecule has 0 saturated carbocycles. The van der Waals surface area contributed by atoms with Crippen LogP contribution in [0.4, 0.5) is 0 Å². The second-order valence-electron chi connectivity index (χ2n) is 6.04. The molecule has 0 N–H and O–H groups in total. The van der Waals surface area contributed by atoms with Gasteiger partial charge in [-0.2, -0.15) is 0 Å². The fourth-order valence-electron chi connectivity index (χ4n) is 3.17. The third kappa shape index (κ3) is 3.01. The molecule has 0 saturated heterocycles. The quantitative estimate of drug-likeness (QED) is 0.615. The molecule has 114 valence electrons. The number of carbonyl (C=O) groups is 2. The smallest absolute Gasteiger partial charge is 0.178 e. The maximum Gasteiger partial charge on any atom is 0.178 e. The van der Waals surface area contributed by atoms with Crippen LogP contribution in [-0.2, 0) is 4.79 Å². The van der Waals surface area contributed by atoms with Crippen LogP contribution in [0.5, 0.6) is 0 Å². The molecule has 0 aliphatic heterocycles.